The average Bonchev–Trinajstić information content (AvgIpc) is 3.88. The summed E-state index contributed by atoms with van der Waals surface area (Å²) in [5.74, 6) is 0.741. The smallest absolute Gasteiger partial charge is 0.203 e. The van der Waals surface area contributed by atoms with Crippen molar-refractivity contribution in [1.82, 2.24) is 14.5 Å². The molecule has 8 aromatic carbocycles. The number of aromatic nitrogens is 3. The zero-order valence-corrected chi connectivity index (χ0v) is 33.9. The van der Waals surface area contributed by atoms with Crippen molar-refractivity contribution in [1.29, 1.82) is 0 Å². The maximum atomic E-state index is 5.74. The summed E-state index contributed by atoms with van der Waals surface area (Å²) in [6.45, 7) is 4.76. The molecule has 2 aromatic heterocycles. The molecule has 10 aromatic rings. The summed E-state index contributed by atoms with van der Waals surface area (Å²) in [4.78, 5) is 11.3. The molecule has 0 spiro atoms. The monoisotopic (exact) mass is 769 g/mol. The Morgan fingerprint density at radius 3 is 1.81 bits per heavy atom. The van der Waals surface area contributed by atoms with Gasteiger partial charge in [0.25, 0.3) is 0 Å². The Hall–Kier alpha value is -7.14. The first-order valence-electron chi connectivity index (χ1n) is 20.5. The first kappa shape index (κ1) is 33.9. The molecule has 12 rings (SSSR count). The minimum atomic E-state index is -2.87. The standard InChI is InChI=1S/C55H39N3Si/c1-55(2)45-27-15-12-24-41(45)42-34-35-47-49(51(42)55)43-25-13-16-28-46(43)58(47)38-32-30-37(31-33-38)53-56-52(36-18-6-3-7-19-36)50-44-26-14-17-29-48(44)59(54(50)57-53,39-20-8-4-9-21-39)40-22-10-5-11-23-40/h3-35H,1-2H3. The van der Waals surface area contributed by atoms with E-state index >= 15 is 0 Å². The fourth-order valence-electron chi connectivity index (χ4n) is 10.6. The average molecular weight is 770 g/mol. The summed E-state index contributed by atoms with van der Waals surface area (Å²) in [6.07, 6.45) is 0. The first-order chi connectivity index (χ1) is 29.0. The van der Waals surface area contributed by atoms with Gasteiger partial charge in [0.1, 0.15) is 0 Å². The molecule has 0 fully saturated rings. The lowest BCUT2D eigenvalue weighted by Crippen LogP contribution is -2.73. The molecule has 1 aliphatic heterocycles. The predicted molar refractivity (Wildman–Crippen MR) is 247 cm³/mol. The molecule has 0 radical (unpaired) electrons. The SMILES string of the molecule is CC1(C)c2ccccc2-c2ccc3c(c21)c1ccccc1n3-c1ccc(-c2nc(-c3ccccc3)c3c(n2)[Si](c2ccccc2)(c2ccccc2)c2ccccc2-3)cc1. The summed E-state index contributed by atoms with van der Waals surface area (Å²) in [5.41, 5.74) is 14.3. The predicted octanol–water partition coefficient (Wildman–Crippen LogP) is 10.6. The van der Waals surface area contributed by atoms with Gasteiger partial charge in [-0.25, -0.2) is 9.97 Å². The molecule has 1 aliphatic carbocycles. The van der Waals surface area contributed by atoms with Crippen LogP contribution in [0.1, 0.15) is 25.0 Å². The van der Waals surface area contributed by atoms with Crippen LogP contribution in [0.2, 0.25) is 0 Å². The van der Waals surface area contributed by atoms with Crippen molar-refractivity contribution in [3.05, 3.63) is 211 Å². The molecule has 0 bridgehead atoms. The number of fused-ring (bicyclic) bond motifs is 10. The van der Waals surface area contributed by atoms with E-state index in [-0.39, 0.29) is 5.41 Å². The fraction of sp³-hybridized carbons (Fsp3) is 0.0545. The van der Waals surface area contributed by atoms with Crippen molar-refractivity contribution < 1.29 is 0 Å². The molecule has 0 saturated heterocycles. The lowest BCUT2D eigenvalue weighted by Gasteiger charge is -2.30. The van der Waals surface area contributed by atoms with E-state index in [0.717, 1.165) is 39.2 Å². The van der Waals surface area contributed by atoms with E-state index in [1.165, 1.54) is 65.2 Å². The number of para-hydroxylation sites is 1. The number of rotatable bonds is 5. The van der Waals surface area contributed by atoms with Gasteiger partial charge in [-0.2, -0.15) is 0 Å². The van der Waals surface area contributed by atoms with Gasteiger partial charge in [0, 0.05) is 38.6 Å². The maximum absolute atomic E-state index is 5.74. The highest BCUT2D eigenvalue weighted by Crippen LogP contribution is 2.53. The summed E-state index contributed by atoms with van der Waals surface area (Å²) in [7, 11) is -2.87. The Balaban J connectivity index is 1.08. The molecule has 3 heterocycles. The molecule has 3 nitrogen and oxygen atoms in total. The molecule has 0 amide bonds. The lowest BCUT2D eigenvalue weighted by molar-refractivity contribution is 0.666. The van der Waals surface area contributed by atoms with Crippen LogP contribution in [0, 0.1) is 0 Å². The van der Waals surface area contributed by atoms with Gasteiger partial charge in [0.05, 0.1) is 22.0 Å². The van der Waals surface area contributed by atoms with Crippen LogP contribution in [0.25, 0.3) is 72.4 Å². The summed E-state index contributed by atoms with van der Waals surface area (Å²) >= 11 is 0. The second kappa shape index (κ2) is 12.7. The third-order valence-corrected chi connectivity index (χ3v) is 17.8. The Bertz CT molecular complexity index is 3240. The van der Waals surface area contributed by atoms with Crippen LogP contribution in [0.4, 0.5) is 0 Å². The van der Waals surface area contributed by atoms with Gasteiger partial charge in [-0.15, -0.1) is 0 Å². The Kier molecular flexibility index (Phi) is 7.29. The van der Waals surface area contributed by atoms with Crippen LogP contribution in [0.15, 0.2) is 200 Å². The van der Waals surface area contributed by atoms with Gasteiger partial charge in [-0.05, 0) is 79.8 Å². The molecule has 59 heavy (non-hydrogen) atoms. The Labute approximate surface area is 345 Å². The van der Waals surface area contributed by atoms with Gasteiger partial charge in [0.2, 0.25) is 8.07 Å². The third-order valence-electron chi connectivity index (χ3n) is 13.1. The van der Waals surface area contributed by atoms with Gasteiger partial charge in [0.15, 0.2) is 5.82 Å². The van der Waals surface area contributed by atoms with Crippen molar-refractivity contribution in [2.24, 2.45) is 0 Å². The molecular weight excluding hydrogens is 731 g/mol. The second-order valence-corrected chi connectivity index (χ2v) is 20.1. The molecule has 278 valence electrons. The Morgan fingerprint density at radius 1 is 0.475 bits per heavy atom. The van der Waals surface area contributed by atoms with Gasteiger partial charge < -0.3 is 4.57 Å². The first-order valence-corrected chi connectivity index (χ1v) is 22.5. The van der Waals surface area contributed by atoms with Crippen molar-refractivity contribution >= 4 is 50.8 Å². The highest BCUT2D eigenvalue weighted by atomic mass is 28.3. The molecule has 2 aliphatic rings. The quantitative estimate of drug-likeness (QED) is 0.163. The lowest BCUT2D eigenvalue weighted by atomic mass is 9.80. The molecule has 0 saturated carbocycles. The highest BCUT2D eigenvalue weighted by Gasteiger charge is 2.51. The molecule has 4 heteroatoms. The van der Waals surface area contributed by atoms with Crippen LogP contribution < -0.4 is 20.9 Å². The molecule has 0 N–H and O–H groups in total. The van der Waals surface area contributed by atoms with Crippen molar-refractivity contribution in [3.8, 4) is 50.6 Å². The molecule has 0 atom stereocenters. The molecule has 0 unspecified atom stereocenters. The minimum Gasteiger partial charge on any atom is -0.309 e. The number of hydrogen-bond donors (Lipinski definition) is 0. The van der Waals surface area contributed by atoms with Crippen LogP contribution in [-0.4, -0.2) is 22.6 Å². The molecular formula is C55H39N3Si. The van der Waals surface area contributed by atoms with Crippen LogP contribution in [0.3, 0.4) is 0 Å². The minimum absolute atomic E-state index is 0.122. The van der Waals surface area contributed by atoms with E-state index < -0.39 is 8.07 Å². The number of benzene rings is 8. The largest absolute Gasteiger partial charge is 0.309 e. The summed E-state index contributed by atoms with van der Waals surface area (Å²) < 4.78 is 2.44. The van der Waals surface area contributed by atoms with E-state index in [4.69, 9.17) is 9.97 Å². The van der Waals surface area contributed by atoms with E-state index in [2.05, 4.69) is 219 Å². The topological polar surface area (TPSA) is 30.7 Å². The maximum Gasteiger partial charge on any atom is 0.203 e. The summed E-state index contributed by atoms with van der Waals surface area (Å²) in [5, 5.41) is 7.75. The fourth-order valence-corrected chi connectivity index (χ4v) is 15.6. The van der Waals surface area contributed by atoms with E-state index in [1.54, 1.807) is 0 Å². The zero-order chi connectivity index (χ0) is 39.3. The Morgan fingerprint density at radius 2 is 1.08 bits per heavy atom. The van der Waals surface area contributed by atoms with Crippen molar-refractivity contribution in [2.75, 3.05) is 0 Å². The number of hydrogen-bond acceptors (Lipinski definition) is 2. The van der Waals surface area contributed by atoms with Crippen molar-refractivity contribution in [3.63, 3.8) is 0 Å². The normalized spacial score (nSPS) is 14.2. The number of nitrogens with zero attached hydrogens (tertiary/aromatic N) is 3. The summed E-state index contributed by atoms with van der Waals surface area (Å²) in [6, 6.07) is 73.2. The van der Waals surface area contributed by atoms with Gasteiger partial charge in [-0.1, -0.05) is 178 Å². The van der Waals surface area contributed by atoms with Crippen molar-refractivity contribution in [2.45, 2.75) is 19.3 Å². The van der Waals surface area contributed by atoms with E-state index in [0.29, 0.717) is 0 Å². The highest BCUT2D eigenvalue weighted by molar-refractivity contribution is 7.21. The van der Waals surface area contributed by atoms with Crippen LogP contribution in [0.5, 0.6) is 0 Å². The van der Waals surface area contributed by atoms with Crippen LogP contribution >= 0.6 is 0 Å². The third kappa shape index (κ3) is 4.69. The van der Waals surface area contributed by atoms with Gasteiger partial charge in [-0.3, -0.25) is 0 Å². The van der Waals surface area contributed by atoms with Gasteiger partial charge >= 0.3 is 0 Å². The van der Waals surface area contributed by atoms with E-state index in [1.807, 2.05) is 0 Å². The van der Waals surface area contributed by atoms with E-state index in [9.17, 15) is 0 Å². The van der Waals surface area contributed by atoms with Crippen LogP contribution in [-0.2, 0) is 5.41 Å². The second-order valence-electron chi connectivity index (χ2n) is 16.5. The zero-order valence-electron chi connectivity index (χ0n) is 32.9.